The van der Waals surface area contributed by atoms with Gasteiger partial charge in [0, 0.05) is 17.0 Å². The van der Waals surface area contributed by atoms with Crippen LogP contribution in [0.15, 0.2) is 0 Å². The topological polar surface area (TPSA) is 127 Å². The van der Waals surface area contributed by atoms with Crippen molar-refractivity contribution in [3.05, 3.63) is 22.5 Å². The van der Waals surface area contributed by atoms with E-state index in [2.05, 4.69) is 4.98 Å². The molecule has 0 aliphatic rings. The van der Waals surface area contributed by atoms with Gasteiger partial charge in [0.1, 0.15) is 11.6 Å². The zero-order chi connectivity index (χ0) is 17.0. The number of carbonyl (C=O) groups is 2. The highest BCUT2D eigenvalue weighted by molar-refractivity contribution is 6.06. The molecule has 1 heterocycles. The minimum atomic E-state index is -1.20. The number of ether oxygens (including phenoxy) is 1. The van der Waals surface area contributed by atoms with Crippen molar-refractivity contribution in [2.45, 2.75) is 33.8 Å². The second kappa shape index (κ2) is 7.00. The summed E-state index contributed by atoms with van der Waals surface area (Å²) in [6.45, 7) is 5.76. The van der Waals surface area contributed by atoms with Gasteiger partial charge in [0.15, 0.2) is 12.4 Å². The molecule has 0 aliphatic heterocycles. The van der Waals surface area contributed by atoms with Gasteiger partial charge in [0.2, 0.25) is 0 Å². The summed E-state index contributed by atoms with van der Waals surface area (Å²) in [5.41, 5.74) is 1.90. The Morgan fingerprint density at radius 3 is 2.45 bits per heavy atom. The Hall–Kier alpha value is -2.46. The molecular weight excluding hydrogens is 286 g/mol. The molecule has 0 aliphatic carbocycles. The first kappa shape index (κ1) is 17.6. The second-order valence-electron chi connectivity index (χ2n) is 5.13. The molecule has 0 bridgehead atoms. The van der Waals surface area contributed by atoms with E-state index in [1.807, 2.05) is 0 Å². The predicted molar refractivity (Wildman–Crippen MR) is 78.7 cm³/mol. The van der Waals surface area contributed by atoms with E-state index in [-0.39, 0.29) is 11.4 Å². The summed E-state index contributed by atoms with van der Waals surface area (Å²) in [4.78, 5) is 26.6. The standard InChI is InChI=1S/C15H19N3O4/c1-7-13(10(4)19)9(3)18-14(7)15(21)22-6-12(20)11(5-16)8(2)17/h10-11,17-19H,6H2,1-4H3/t10-,11+/m0/s1. The minimum absolute atomic E-state index is 0.0909. The third-order valence-electron chi connectivity index (χ3n) is 3.35. The lowest BCUT2D eigenvalue weighted by atomic mass is 10.0. The van der Waals surface area contributed by atoms with Gasteiger partial charge in [0.25, 0.3) is 0 Å². The molecule has 0 radical (unpaired) electrons. The molecule has 7 nitrogen and oxygen atoms in total. The van der Waals surface area contributed by atoms with Gasteiger partial charge in [-0.1, -0.05) is 0 Å². The lowest BCUT2D eigenvalue weighted by Gasteiger charge is -2.08. The number of carbonyl (C=O) groups excluding carboxylic acids is 2. The van der Waals surface area contributed by atoms with Gasteiger partial charge < -0.3 is 20.2 Å². The Labute approximate surface area is 128 Å². The molecule has 1 rings (SSSR count). The first-order valence-electron chi connectivity index (χ1n) is 6.72. The highest BCUT2D eigenvalue weighted by atomic mass is 16.5. The van der Waals surface area contributed by atoms with Crippen LogP contribution in [0, 0.1) is 36.5 Å². The molecule has 1 aromatic rings. The minimum Gasteiger partial charge on any atom is -0.453 e. The van der Waals surface area contributed by atoms with Gasteiger partial charge in [0.05, 0.1) is 12.2 Å². The zero-order valence-corrected chi connectivity index (χ0v) is 13.0. The summed E-state index contributed by atoms with van der Waals surface area (Å²) < 4.78 is 4.90. The van der Waals surface area contributed by atoms with Crippen molar-refractivity contribution in [2.24, 2.45) is 5.92 Å². The molecule has 22 heavy (non-hydrogen) atoms. The lowest BCUT2D eigenvalue weighted by Crippen LogP contribution is -2.25. The average Bonchev–Trinajstić information content (AvgIpc) is 2.71. The Kier molecular flexibility index (Phi) is 5.60. The maximum Gasteiger partial charge on any atom is 0.355 e. The first-order chi connectivity index (χ1) is 10.2. The normalized spacial score (nSPS) is 13.1. The number of aliphatic hydroxyl groups excluding tert-OH is 1. The molecule has 0 amide bonds. The van der Waals surface area contributed by atoms with E-state index in [0.29, 0.717) is 16.8 Å². The summed E-state index contributed by atoms with van der Waals surface area (Å²) >= 11 is 0. The van der Waals surface area contributed by atoms with E-state index in [4.69, 9.17) is 15.4 Å². The highest BCUT2D eigenvalue weighted by Crippen LogP contribution is 2.24. The van der Waals surface area contributed by atoms with Crippen LogP contribution in [0.2, 0.25) is 0 Å². The number of nitrogens with zero attached hydrogens (tertiary/aromatic N) is 1. The van der Waals surface area contributed by atoms with Gasteiger partial charge in [-0.3, -0.25) is 4.79 Å². The molecule has 7 heteroatoms. The monoisotopic (exact) mass is 305 g/mol. The number of Topliss-reactive ketones (excluding diaryl/α,β-unsaturated/α-hetero) is 1. The molecule has 0 saturated heterocycles. The second-order valence-corrected chi connectivity index (χ2v) is 5.13. The van der Waals surface area contributed by atoms with Gasteiger partial charge >= 0.3 is 5.97 Å². The molecular formula is C15H19N3O4. The van der Waals surface area contributed by atoms with Crippen molar-refractivity contribution < 1.29 is 19.4 Å². The number of aryl methyl sites for hydroxylation is 1. The van der Waals surface area contributed by atoms with E-state index < -0.39 is 30.4 Å². The molecule has 0 aromatic carbocycles. The smallest absolute Gasteiger partial charge is 0.355 e. The van der Waals surface area contributed by atoms with Crippen LogP contribution in [-0.2, 0) is 9.53 Å². The summed E-state index contributed by atoms with van der Waals surface area (Å²) in [5, 5.41) is 25.8. The van der Waals surface area contributed by atoms with Crippen LogP contribution < -0.4 is 0 Å². The molecule has 0 fully saturated rings. The number of nitriles is 1. The van der Waals surface area contributed by atoms with E-state index in [9.17, 15) is 14.7 Å². The van der Waals surface area contributed by atoms with Crippen molar-refractivity contribution in [1.29, 1.82) is 10.7 Å². The number of nitrogens with one attached hydrogen (secondary N) is 2. The maximum absolute atomic E-state index is 12.0. The third kappa shape index (κ3) is 3.59. The Balaban J connectivity index is 2.84. The van der Waals surface area contributed by atoms with Crippen molar-refractivity contribution >= 4 is 17.5 Å². The Morgan fingerprint density at radius 2 is 2.05 bits per heavy atom. The number of hydrogen-bond donors (Lipinski definition) is 3. The van der Waals surface area contributed by atoms with Crippen LogP contribution in [0.5, 0.6) is 0 Å². The van der Waals surface area contributed by atoms with Crippen molar-refractivity contribution in [2.75, 3.05) is 6.61 Å². The summed E-state index contributed by atoms with van der Waals surface area (Å²) in [5.74, 6) is -2.58. The molecule has 3 N–H and O–H groups in total. The number of hydrogen-bond acceptors (Lipinski definition) is 6. The summed E-state index contributed by atoms with van der Waals surface area (Å²) in [6, 6.07) is 1.70. The number of aromatic amines is 1. The molecule has 0 spiro atoms. The maximum atomic E-state index is 12.0. The van der Waals surface area contributed by atoms with Crippen molar-refractivity contribution in [1.82, 2.24) is 4.98 Å². The first-order valence-corrected chi connectivity index (χ1v) is 6.72. The van der Waals surface area contributed by atoms with Gasteiger partial charge in [-0.15, -0.1) is 0 Å². The number of rotatable bonds is 6. The lowest BCUT2D eigenvalue weighted by molar-refractivity contribution is -0.122. The van der Waals surface area contributed by atoms with Gasteiger partial charge in [-0.2, -0.15) is 5.26 Å². The van der Waals surface area contributed by atoms with Gasteiger partial charge in [-0.25, -0.2) is 4.79 Å². The van der Waals surface area contributed by atoms with E-state index in [0.717, 1.165) is 0 Å². The molecule has 1 aromatic heterocycles. The predicted octanol–water partition coefficient (Wildman–Crippen LogP) is 1.59. The summed E-state index contributed by atoms with van der Waals surface area (Å²) in [7, 11) is 0. The molecule has 2 atom stereocenters. The van der Waals surface area contributed by atoms with Crippen molar-refractivity contribution in [3.8, 4) is 6.07 Å². The number of esters is 1. The fourth-order valence-corrected chi connectivity index (χ4v) is 2.30. The number of ketones is 1. The fourth-order valence-electron chi connectivity index (χ4n) is 2.30. The Bertz CT molecular complexity index is 652. The van der Waals surface area contributed by atoms with E-state index >= 15 is 0 Å². The highest BCUT2D eigenvalue weighted by Gasteiger charge is 2.24. The fraction of sp³-hybridized carbons (Fsp3) is 0.467. The van der Waals surface area contributed by atoms with Crippen LogP contribution >= 0.6 is 0 Å². The molecule has 0 unspecified atom stereocenters. The SMILES string of the molecule is CC(=N)[C@@H](C#N)C(=O)COC(=O)c1[nH]c(C)c([C@H](C)O)c1C. The van der Waals surface area contributed by atoms with Gasteiger partial charge in [-0.05, 0) is 33.3 Å². The quantitative estimate of drug-likeness (QED) is 0.543. The third-order valence-corrected chi connectivity index (χ3v) is 3.35. The molecule has 0 saturated carbocycles. The molecule has 118 valence electrons. The number of aliphatic hydroxyl groups is 1. The van der Waals surface area contributed by atoms with Crippen LogP contribution in [-0.4, -0.2) is 34.2 Å². The van der Waals surface area contributed by atoms with Crippen LogP contribution in [0.3, 0.4) is 0 Å². The Morgan fingerprint density at radius 1 is 1.45 bits per heavy atom. The average molecular weight is 305 g/mol. The van der Waals surface area contributed by atoms with E-state index in [1.165, 1.54) is 6.92 Å². The largest absolute Gasteiger partial charge is 0.453 e. The van der Waals surface area contributed by atoms with Crippen LogP contribution in [0.4, 0.5) is 0 Å². The zero-order valence-electron chi connectivity index (χ0n) is 13.0. The van der Waals surface area contributed by atoms with Crippen LogP contribution in [0.25, 0.3) is 0 Å². The number of aromatic nitrogens is 1. The number of H-pyrrole nitrogens is 1. The van der Waals surface area contributed by atoms with E-state index in [1.54, 1.807) is 26.8 Å². The van der Waals surface area contributed by atoms with Crippen LogP contribution in [0.1, 0.15) is 47.3 Å². The summed E-state index contributed by atoms with van der Waals surface area (Å²) in [6.07, 6.45) is -0.733. The van der Waals surface area contributed by atoms with Crippen molar-refractivity contribution in [3.63, 3.8) is 0 Å².